The summed E-state index contributed by atoms with van der Waals surface area (Å²) in [6.45, 7) is 5.28. The van der Waals surface area contributed by atoms with E-state index < -0.39 is 11.6 Å². The lowest BCUT2D eigenvalue weighted by molar-refractivity contribution is 0.400. The van der Waals surface area contributed by atoms with Gasteiger partial charge in [-0.05, 0) is 67.0 Å². The van der Waals surface area contributed by atoms with Crippen molar-refractivity contribution in [2.24, 2.45) is 0 Å². The second kappa shape index (κ2) is 6.23. The highest BCUT2D eigenvalue weighted by atomic mass is 127. The van der Waals surface area contributed by atoms with E-state index in [-0.39, 0.29) is 11.6 Å². The first kappa shape index (κ1) is 15.9. The second-order valence-electron chi connectivity index (χ2n) is 5.72. The summed E-state index contributed by atoms with van der Waals surface area (Å²) in [4.78, 5) is 4.53. The number of halogens is 3. The van der Waals surface area contributed by atoms with Crippen LogP contribution in [-0.2, 0) is 13.0 Å². The summed E-state index contributed by atoms with van der Waals surface area (Å²) in [6, 6.07) is 3.05. The third kappa shape index (κ3) is 2.90. The van der Waals surface area contributed by atoms with Crippen LogP contribution in [-0.4, -0.2) is 16.1 Å². The lowest BCUT2D eigenvalue weighted by Crippen LogP contribution is -2.34. The van der Waals surface area contributed by atoms with Crippen molar-refractivity contribution in [2.75, 3.05) is 6.54 Å². The molecule has 0 spiro atoms. The average molecular weight is 417 g/mol. The highest BCUT2D eigenvalue weighted by molar-refractivity contribution is 14.1. The van der Waals surface area contributed by atoms with Crippen LogP contribution < -0.4 is 5.32 Å². The molecular weight excluding hydrogens is 399 g/mol. The van der Waals surface area contributed by atoms with Crippen molar-refractivity contribution < 1.29 is 8.78 Å². The number of nitrogens with zero attached hydrogens (tertiary/aromatic N) is 2. The van der Waals surface area contributed by atoms with Gasteiger partial charge in [0.25, 0.3) is 0 Å². The van der Waals surface area contributed by atoms with Gasteiger partial charge in [-0.2, -0.15) is 0 Å². The molecule has 1 N–H and O–H groups in total. The van der Waals surface area contributed by atoms with Crippen molar-refractivity contribution in [1.29, 1.82) is 0 Å². The van der Waals surface area contributed by atoms with E-state index in [0.29, 0.717) is 12.0 Å². The standard InChI is InChI=1S/C16H18F2IN3/c1-9-12(17)7-11(8-13(9)18)3-4-14-15-16(19)21-10(2)22(15)6-5-20-14/h7-8,14,20H,3-6H2,1-2H3. The van der Waals surface area contributed by atoms with Crippen molar-refractivity contribution in [3.05, 3.63) is 50.1 Å². The van der Waals surface area contributed by atoms with Crippen molar-refractivity contribution >= 4 is 22.6 Å². The lowest BCUT2D eigenvalue weighted by atomic mass is 10.0. The van der Waals surface area contributed by atoms with Crippen LogP contribution in [0, 0.1) is 29.2 Å². The predicted molar refractivity (Wildman–Crippen MR) is 89.8 cm³/mol. The number of nitrogens with one attached hydrogen (secondary N) is 1. The number of rotatable bonds is 3. The van der Waals surface area contributed by atoms with Gasteiger partial charge >= 0.3 is 0 Å². The molecule has 0 amide bonds. The van der Waals surface area contributed by atoms with Gasteiger partial charge in [-0.15, -0.1) is 0 Å². The Morgan fingerprint density at radius 1 is 1.32 bits per heavy atom. The minimum Gasteiger partial charge on any atom is -0.329 e. The Balaban J connectivity index is 1.79. The zero-order valence-corrected chi connectivity index (χ0v) is 14.7. The first-order chi connectivity index (χ1) is 10.5. The minimum atomic E-state index is -0.470. The summed E-state index contributed by atoms with van der Waals surface area (Å²) >= 11 is 2.26. The highest BCUT2D eigenvalue weighted by Gasteiger charge is 2.25. The van der Waals surface area contributed by atoms with Crippen LogP contribution in [0.5, 0.6) is 0 Å². The van der Waals surface area contributed by atoms with Gasteiger partial charge in [0.2, 0.25) is 0 Å². The average Bonchev–Trinajstić information content (AvgIpc) is 2.78. The largest absolute Gasteiger partial charge is 0.329 e. The minimum absolute atomic E-state index is 0.0859. The van der Waals surface area contributed by atoms with Crippen LogP contribution in [0.25, 0.3) is 0 Å². The number of hydrogen-bond donors (Lipinski definition) is 1. The molecule has 0 bridgehead atoms. The van der Waals surface area contributed by atoms with Crippen LogP contribution in [0.2, 0.25) is 0 Å². The van der Waals surface area contributed by atoms with Crippen molar-refractivity contribution in [3.8, 4) is 0 Å². The van der Waals surface area contributed by atoms with Gasteiger partial charge in [-0.3, -0.25) is 0 Å². The summed E-state index contributed by atoms with van der Waals surface area (Å²) in [7, 11) is 0. The Bertz CT molecular complexity index is 689. The van der Waals surface area contributed by atoms with E-state index in [1.807, 2.05) is 6.92 Å². The van der Waals surface area contributed by atoms with Crippen LogP contribution in [0.4, 0.5) is 8.78 Å². The van der Waals surface area contributed by atoms with Gasteiger partial charge < -0.3 is 9.88 Å². The smallest absolute Gasteiger partial charge is 0.129 e. The third-order valence-corrected chi connectivity index (χ3v) is 5.07. The van der Waals surface area contributed by atoms with E-state index in [0.717, 1.165) is 29.0 Å². The van der Waals surface area contributed by atoms with Gasteiger partial charge in [0.05, 0.1) is 11.7 Å². The topological polar surface area (TPSA) is 29.9 Å². The first-order valence-electron chi connectivity index (χ1n) is 7.38. The molecule has 1 atom stereocenters. The number of aryl methyl sites for hydroxylation is 2. The van der Waals surface area contributed by atoms with E-state index in [9.17, 15) is 8.78 Å². The van der Waals surface area contributed by atoms with Gasteiger partial charge in [0.1, 0.15) is 21.2 Å². The number of benzene rings is 1. The molecule has 118 valence electrons. The monoisotopic (exact) mass is 417 g/mol. The molecule has 1 unspecified atom stereocenters. The van der Waals surface area contributed by atoms with Crippen molar-refractivity contribution in [2.45, 2.75) is 39.3 Å². The number of fused-ring (bicyclic) bond motifs is 1. The molecule has 0 fully saturated rings. The quantitative estimate of drug-likeness (QED) is 0.773. The fraction of sp³-hybridized carbons (Fsp3) is 0.438. The molecule has 0 aliphatic carbocycles. The molecule has 2 heterocycles. The van der Waals surface area contributed by atoms with Crippen LogP contribution in [0.3, 0.4) is 0 Å². The summed E-state index contributed by atoms with van der Waals surface area (Å²) in [5.41, 5.74) is 1.98. The van der Waals surface area contributed by atoms with Crippen LogP contribution in [0.1, 0.15) is 35.1 Å². The van der Waals surface area contributed by atoms with Crippen LogP contribution in [0.15, 0.2) is 12.1 Å². The maximum absolute atomic E-state index is 13.6. The molecule has 2 aromatic rings. The molecular formula is C16H18F2IN3. The highest BCUT2D eigenvalue weighted by Crippen LogP contribution is 2.28. The number of hydrogen-bond acceptors (Lipinski definition) is 2. The molecule has 0 saturated carbocycles. The summed E-state index contributed by atoms with van der Waals surface area (Å²) in [5.74, 6) is 0.0856. The Hall–Kier alpha value is -1.02. The molecule has 1 aromatic carbocycles. The van der Waals surface area contributed by atoms with Gasteiger partial charge in [0, 0.05) is 18.7 Å². The Morgan fingerprint density at radius 2 is 2.00 bits per heavy atom. The third-order valence-electron chi connectivity index (χ3n) is 4.27. The normalized spacial score (nSPS) is 17.6. The van der Waals surface area contributed by atoms with Gasteiger partial charge in [-0.25, -0.2) is 13.8 Å². The maximum Gasteiger partial charge on any atom is 0.129 e. The lowest BCUT2D eigenvalue weighted by Gasteiger charge is -2.27. The summed E-state index contributed by atoms with van der Waals surface area (Å²) in [6.07, 6.45) is 1.43. The maximum atomic E-state index is 13.6. The molecule has 0 radical (unpaired) electrons. The zero-order chi connectivity index (χ0) is 15.9. The van der Waals surface area contributed by atoms with E-state index >= 15 is 0 Å². The van der Waals surface area contributed by atoms with Gasteiger partial charge in [-0.1, -0.05) is 0 Å². The second-order valence-corrected chi connectivity index (χ2v) is 6.74. The SMILES string of the molecule is Cc1c(F)cc(CCC2NCCn3c(C)nc(I)c32)cc1F. The molecule has 22 heavy (non-hydrogen) atoms. The fourth-order valence-corrected chi connectivity index (χ4v) is 4.01. The van der Waals surface area contributed by atoms with Crippen molar-refractivity contribution in [1.82, 2.24) is 14.9 Å². The Morgan fingerprint density at radius 3 is 2.68 bits per heavy atom. The molecule has 6 heteroatoms. The van der Waals surface area contributed by atoms with Crippen LogP contribution >= 0.6 is 22.6 Å². The summed E-state index contributed by atoms with van der Waals surface area (Å²) < 4.78 is 30.5. The molecule has 0 saturated heterocycles. The first-order valence-corrected chi connectivity index (χ1v) is 8.45. The summed E-state index contributed by atoms with van der Waals surface area (Å²) in [5, 5.41) is 3.49. The van der Waals surface area contributed by atoms with E-state index in [4.69, 9.17) is 0 Å². The van der Waals surface area contributed by atoms with Gasteiger partial charge in [0.15, 0.2) is 0 Å². The number of aromatic nitrogens is 2. The Labute approximate surface area is 142 Å². The fourth-order valence-electron chi connectivity index (χ4n) is 3.00. The molecule has 1 aromatic heterocycles. The van der Waals surface area contributed by atoms with E-state index in [2.05, 4.69) is 37.5 Å². The zero-order valence-electron chi connectivity index (χ0n) is 12.6. The van der Waals surface area contributed by atoms with E-state index in [1.54, 1.807) is 0 Å². The number of imidazole rings is 1. The predicted octanol–water partition coefficient (Wildman–Crippen LogP) is 3.66. The molecule has 1 aliphatic rings. The Kier molecular flexibility index (Phi) is 4.49. The van der Waals surface area contributed by atoms with E-state index in [1.165, 1.54) is 24.8 Å². The van der Waals surface area contributed by atoms with Crippen molar-refractivity contribution in [3.63, 3.8) is 0 Å². The molecule has 1 aliphatic heterocycles. The molecule has 3 rings (SSSR count). The molecule has 3 nitrogen and oxygen atoms in total.